The number of nitrogens with two attached hydrogens (primary N) is 1. The van der Waals surface area contributed by atoms with Crippen LogP contribution < -0.4 is 15.8 Å². The molecule has 1 rings (SSSR count). The van der Waals surface area contributed by atoms with Gasteiger partial charge in [0.15, 0.2) is 6.61 Å². The number of hydrogen-bond donors (Lipinski definition) is 3. The highest BCUT2D eigenvalue weighted by atomic mass is 16.5. The smallest absolute Gasteiger partial charge is 0.255 e. The summed E-state index contributed by atoms with van der Waals surface area (Å²) in [5.74, 6) is -0.201. The van der Waals surface area contributed by atoms with Crippen LogP contribution in [0.5, 0.6) is 5.75 Å². The van der Waals surface area contributed by atoms with Crippen molar-refractivity contribution in [1.29, 1.82) is 0 Å². The Morgan fingerprint density at radius 1 is 1.28 bits per heavy atom. The Morgan fingerprint density at radius 2 is 1.94 bits per heavy atom. The summed E-state index contributed by atoms with van der Waals surface area (Å²) in [7, 11) is 0. The Balaban J connectivity index is 2.44. The fourth-order valence-corrected chi connectivity index (χ4v) is 1.25. The van der Waals surface area contributed by atoms with Crippen molar-refractivity contribution in [2.75, 3.05) is 18.5 Å². The van der Waals surface area contributed by atoms with Crippen molar-refractivity contribution in [1.82, 2.24) is 0 Å². The first-order valence-corrected chi connectivity index (χ1v) is 5.53. The summed E-state index contributed by atoms with van der Waals surface area (Å²) in [6.45, 7) is -0.185. The summed E-state index contributed by atoms with van der Waals surface area (Å²) in [6.07, 6.45) is 0.710. The number of aliphatic hydroxyl groups excluding tert-OH is 1. The average molecular weight is 252 g/mol. The van der Waals surface area contributed by atoms with Gasteiger partial charge in [-0.1, -0.05) is 0 Å². The number of aliphatic hydroxyl groups is 1. The molecule has 1 aromatic carbocycles. The normalized spacial score (nSPS) is 9.83. The van der Waals surface area contributed by atoms with Crippen molar-refractivity contribution in [3.8, 4) is 5.75 Å². The van der Waals surface area contributed by atoms with Gasteiger partial charge >= 0.3 is 0 Å². The monoisotopic (exact) mass is 252 g/mol. The molecule has 0 aliphatic carbocycles. The van der Waals surface area contributed by atoms with E-state index in [4.69, 9.17) is 15.6 Å². The van der Waals surface area contributed by atoms with E-state index in [0.717, 1.165) is 0 Å². The molecule has 0 heterocycles. The third-order valence-electron chi connectivity index (χ3n) is 2.08. The maximum atomic E-state index is 11.4. The highest BCUT2D eigenvalue weighted by Gasteiger charge is 2.02. The lowest BCUT2D eigenvalue weighted by molar-refractivity contribution is -0.120. The van der Waals surface area contributed by atoms with Crippen LogP contribution in [-0.4, -0.2) is 30.1 Å². The molecular formula is C12H16N2O4. The highest BCUT2D eigenvalue weighted by Crippen LogP contribution is 2.15. The van der Waals surface area contributed by atoms with Gasteiger partial charge in [0.05, 0.1) is 0 Å². The molecule has 0 unspecified atom stereocenters. The first-order valence-electron chi connectivity index (χ1n) is 5.53. The Hall–Kier alpha value is -2.08. The molecule has 0 spiro atoms. The van der Waals surface area contributed by atoms with Gasteiger partial charge in [0.25, 0.3) is 5.91 Å². The largest absolute Gasteiger partial charge is 0.484 e. The summed E-state index contributed by atoms with van der Waals surface area (Å²) in [5, 5.41) is 11.3. The first-order chi connectivity index (χ1) is 8.61. The number of anilines is 1. The summed E-state index contributed by atoms with van der Waals surface area (Å²) in [4.78, 5) is 21.9. The highest BCUT2D eigenvalue weighted by molar-refractivity contribution is 5.90. The topological polar surface area (TPSA) is 102 Å². The van der Waals surface area contributed by atoms with Gasteiger partial charge in [0.1, 0.15) is 5.75 Å². The lowest BCUT2D eigenvalue weighted by atomic mass is 10.2. The Kier molecular flexibility index (Phi) is 5.66. The zero-order valence-electron chi connectivity index (χ0n) is 9.89. The van der Waals surface area contributed by atoms with Gasteiger partial charge in [-0.05, 0) is 30.7 Å². The van der Waals surface area contributed by atoms with Crippen LogP contribution >= 0.6 is 0 Å². The fraction of sp³-hybridized carbons (Fsp3) is 0.333. The van der Waals surface area contributed by atoms with Crippen LogP contribution in [-0.2, 0) is 9.59 Å². The molecule has 6 heteroatoms. The molecule has 0 fully saturated rings. The summed E-state index contributed by atoms with van der Waals surface area (Å²) < 4.78 is 5.07. The van der Waals surface area contributed by atoms with E-state index in [1.54, 1.807) is 24.3 Å². The molecule has 0 atom stereocenters. The molecule has 0 aromatic heterocycles. The summed E-state index contributed by atoms with van der Waals surface area (Å²) in [5.41, 5.74) is 5.57. The van der Waals surface area contributed by atoms with E-state index in [0.29, 0.717) is 17.9 Å². The van der Waals surface area contributed by atoms with Gasteiger partial charge in [0, 0.05) is 18.7 Å². The molecule has 6 nitrogen and oxygen atoms in total. The van der Waals surface area contributed by atoms with E-state index in [-0.39, 0.29) is 25.5 Å². The van der Waals surface area contributed by atoms with Crippen molar-refractivity contribution in [3.05, 3.63) is 24.3 Å². The van der Waals surface area contributed by atoms with Crippen LogP contribution in [0.3, 0.4) is 0 Å². The van der Waals surface area contributed by atoms with Crippen LogP contribution in [0.25, 0.3) is 0 Å². The van der Waals surface area contributed by atoms with Crippen LogP contribution in [0.4, 0.5) is 5.69 Å². The third kappa shape index (κ3) is 5.31. The lowest BCUT2D eigenvalue weighted by Gasteiger charge is -2.07. The summed E-state index contributed by atoms with van der Waals surface area (Å²) >= 11 is 0. The number of carbonyl (C=O) groups excluding carboxylic acids is 2. The number of amides is 2. The van der Waals surface area contributed by atoms with Crippen molar-refractivity contribution in [2.24, 2.45) is 5.73 Å². The van der Waals surface area contributed by atoms with Crippen LogP contribution in [0.2, 0.25) is 0 Å². The minimum Gasteiger partial charge on any atom is -0.484 e. The second kappa shape index (κ2) is 7.29. The minimum atomic E-state index is -0.545. The lowest BCUT2D eigenvalue weighted by Crippen LogP contribution is -2.20. The van der Waals surface area contributed by atoms with E-state index in [1.165, 1.54) is 0 Å². The number of primary amides is 1. The maximum absolute atomic E-state index is 11.4. The van der Waals surface area contributed by atoms with Crippen LogP contribution in [0.1, 0.15) is 12.8 Å². The molecular weight excluding hydrogens is 236 g/mol. The van der Waals surface area contributed by atoms with Crippen LogP contribution in [0, 0.1) is 0 Å². The number of hydrogen-bond acceptors (Lipinski definition) is 4. The predicted octanol–water partition coefficient (Wildman–Crippen LogP) is 0.262. The molecule has 0 radical (unpaired) electrons. The molecule has 0 saturated heterocycles. The molecule has 0 aliphatic heterocycles. The molecule has 4 N–H and O–H groups in total. The van der Waals surface area contributed by atoms with Gasteiger partial charge in [0.2, 0.25) is 5.91 Å². The van der Waals surface area contributed by atoms with Gasteiger partial charge < -0.3 is 20.9 Å². The maximum Gasteiger partial charge on any atom is 0.255 e. The quantitative estimate of drug-likeness (QED) is 0.647. The molecule has 0 bridgehead atoms. The fourth-order valence-electron chi connectivity index (χ4n) is 1.25. The Bertz CT molecular complexity index is 403. The molecule has 0 aliphatic rings. The molecule has 98 valence electrons. The number of rotatable bonds is 7. The van der Waals surface area contributed by atoms with Crippen molar-refractivity contribution in [2.45, 2.75) is 12.8 Å². The van der Waals surface area contributed by atoms with E-state index < -0.39 is 5.91 Å². The zero-order valence-corrected chi connectivity index (χ0v) is 9.89. The van der Waals surface area contributed by atoms with E-state index in [2.05, 4.69) is 5.32 Å². The first kappa shape index (κ1) is 14.0. The van der Waals surface area contributed by atoms with E-state index in [1.807, 2.05) is 0 Å². The van der Waals surface area contributed by atoms with Crippen molar-refractivity contribution < 1.29 is 19.4 Å². The molecule has 18 heavy (non-hydrogen) atoms. The second-order valence-corrected chi connectivity index (χ2v) is 3.65. The SMILES string of the molecule is NC(=O)COc1ccc(NC(=O)CCCO)cc1. The van der Waals surface area contributed by atoms with Crippen molar-refractivity contribution in [3.63, 3.8) is 0 Å². The zero-order chi connectivity index (χ0) is 13.4. The molecule has 2 amide bonds. The number of ether oxygens (including phenoxy) is 1. The summed E-state index contributed by atoms with van der Waals surface area (Å²) in [6, 6.07) is 6.58. The minimum absolute atomic E-state index is 0.00663. The van der Waals surface area contributed by atoms with Crippen LogP contribution in [0.15, 0.2) is 24.3 Å². The Morgan fingerprint density at radius 3 is 2.50 bits per heavy atom. The predicted molar refractivity (Wildman–Crippen MR) is 66.1 cm³/mol. The van der Waals surface area contributed by atoms with Crippen molar-refractivity contribution >= 4 is 17.5 Å². The average Bonchev–Trinajstić information content (AvgIpc) is 2.35. The van der Waals surface area contributed by atoms with Gasteiger partial charge in [-0.25, -0.2) is 0 Å². The number of nitrogens with one attached hydrogen (secondary N) is 1. The van der Waals surface area contributed by atoms with Gasteiger partial charge in [-0.3, -0.25) is 9.59 Å². The van der Waals surface area contributed by atoms with E-state index >= 15 is 0 Å². The van der Waals surface area contributed by atoms with E-state index in [9.17, 15) is 9.59 Å². The third-order valence-corrected chi connectivity index (χ3v) is 2.08. The number of benzene rings is 1. The van der Waals surface area contributed by atoms with Gasteiger partial charge in [-0.15, -0.1) is 0 Å². The molecule has 1 aromatic rings. The standard InChI is InChI=1S/C12H16N2O4/c13-11(16)8-18-10-5-3-9(4-6-10)14-12(17)2-1-7-15/h3-6,15H,1-2,7-8H2,(H2,13,16)(H,14,17). The second-order valence-electron chi connectivity index (χ2n) is 3.65. The Labute approximate surface area is 105 Å². The number of carbonyl (C=O) groups is 2. The molecule has 0 saturated carbocycles. The van der Waals surface area contributed by atoms with Gasteiger partial charge in [-0.2, -0.15) is 0 Å².